The zero-order valence-electron chi connectivity index (χ0n) is 11.3. The zero-order chi connectivity index (χ0) is 14.8. The number of rotatable bonds is 4. The van der Waals surface area contributed by atoms with Crippen molar-refractivity contribution in [2.24, 2.45) is 5.73 Å². The van der Waals surface area contributed by atoms with Gasteiger partial charge in [0.05, 0.1) is 4.92 Å². The van der Waals surface area contributed by atoms with Gasteiger partial charge in [0.25, 0.3) is 5.69 Å². The molecule has 2 rings (SSSR count). The van der Waals surface area contributed by atoms with Crippen LogP contribution in [0.25, 0.3) is 0 Å². The molecule has 1 aromatic rings. The molecule has 1 amide bonds. The minimum absolute atomic E-state index is 0.124. The second-order valence-corrected chi connectivity index (χ2v) is 5.29. The Balaban J connectivity index is 2.31. The number of primary amides is 1. The highest BCUT2D eigenvalue weighted by atomic mass is 16.6. The van der Waals surface area contributed by atoms with Gasteiger partial charge in [-0.25, -0.2) is 0 Å². The fourth-order valence-corrected chi connectivity index (χ4v) is 2.37. The molecule has 0 bridgehead atoms. The van der Waals surface area contributed by atoms with Crippen molar-refractivity contribution in [1.82, 2.24) is 5.32 Å². The molecule has 1 heterocycles. The summed E-state index contributed by atoms with van der Waals surface area (Å²) in [6, 6.07) is 4.27. The summed E-state index contributed by atoms with van der Waals surface area (Å²) in [6.45, 7) is 3.78. The Morgan fingerprint density at radius 1 is 1.45 bits per heavy atom. The lowest BCUT2D eigenvalue weighted by atomic mass is 9.90. The van der Waals surface area contributed by atoms with Crippen LogP contribution in [0.15, 0.2) is 18.2 Å². The van der Waals surface area contributed by atoms with E-state index < -0.39 is 10.8 Å². The molecule has 1 aliphatic rings. The molecule has 0 radical (unpaired) electrons. The van der Waals surface area contributed by atoms with Crippen LogP contribution in [0.2, 0.25) is 0 Å². The molecule has 7 heteroatoms. The number of hydrogen-bond donors (Lipinski definition) is 3. The Bertz CT molecular complexity index is 538. The highest BCUT2D eigenvalue weighted by molar-refractivity contribution is 5.94. The Labute approximate surface area is 116 Å². The normalized spacial score (nSPS) is 17.4. The molecule has 0 atom stereocenters. The van der Waals surface area contributed by atoms with Gasteiger partial charge in [-0.05, 0) is 45.0 Å². The fourth-order valence-electron chi connectivity index (χ4n) is 2.37. The largest absolute Gasteiger partial charge is 0.374 e. The number of nitrogens with two attached hydrogens (primary N) is 1. The molecular weight excluding hydrogens is 260 g/mol. The van der Waals surface area contributed by atoms with Crippen LogP contribution in [0.1, 0.15) is 30.1 Å². The van der Waals surface area contributed by atoms with Crippen molar-refractivity contribution < 1.29 is 9.72 Å². The number of carbonyl (C=O) groups excluding carboxylic acids is 1. The average Bonchev–Trinajstić information content (AvgIpc) is 2.39. The summed E-state index contributed by atoms with van der Waals surface area (Å²) in [5, 5.41) is 17.6. The highest BCUT2D eigenvalue weighted by Crippen LogP contribution is 2.31. The first-order valence-corrected chi connectivity index (χ1v) is 6.48. The summed E-state index contributed by atoms with van der Waals surface area (Å²) in [5.74, 6) is -0.673. The summed E-state index contributed by atoms with van der Waals surface area (Å²) in [6.07, 6.45) is 1.75. The zero-order valence-corrected chi connectivity index (χ0v) is 11.3. The first-order chi connectivity index (χ1) is 9.41. The molecule has 7 nitrogen and oxygen atoms in total. The van der Waals surface area contributed by atoms with Crippen LogP contribution in [0.4, 0.5) is 11.4 Å². The number of hydrogen-bond acceptors (Lipinski definition) is 5. The van der Waals surface area contributed by atoms with E-state index in [4.69, 9.17) is 5.73 Å². The summed E-state index contributed by atoms with van der Waals surface area (Å²) in [7, 11) is 0. The quantitative estimate of drug-likeness (QED) is 0.567. The first kappa shape index (κ1) is 14.3. The standard InChI is InChI=1S/C13H18N4O3/c1-13(4-6-15-7-5-13)16-10-3-2-9(12(14)18)8-11(10)17(19)20/h2-3,8,15-16H,4-7H2,1H3,(H2,14,18). The van der Waals surface area contributed by atoms with Gasteiger partial charge in [-0.1, -0.05) is 0 Å². The van der Waals surface area contributed by atoms with E-state index in [1.165, 1.54) is 12.1 Å². The number of nitrogens with one attached hydrogen (secondary N) is 2. The third-order valence-electron chi connectivity index (χ3n) is 3.62. The van der Waals surface area contributed by atoms with Crippen LogP contribution in [-0.4, -0.2) is 29.5 Å². The molecule has 0 aliphatic carbocycles. The molecule has 1 aromatic carbocycles. The lowest BCUT2D eigenvalue weighted by Gasteiger charge is -2.35. The van der Waals surface area contributed by atoms with Crippen LogP contribution in [0.5, 0.6) is 0 Å². The van der Waals surface area contributed by atoms with Crippen molar-refractivity contribution in [1.29, 1.82) is 0 Å². The third-order valence-corrected chi connectivity index (χ3v) is 3.62. The van der Waals surface area contributed by atoms with E-state index in [9.17, 15) is 14.9 Å². The topological polar surface area (TPSA) is 110 Å². The Morgan fingerprint density at radius 2 is 2.10 bits per heavy atom. The van der Waals surface area contributed by atoms with Gasteiger partial charge in [-0.3, -0.25) is 14.9 Å². The van der Waals surface area contributed by atoms with Crippen molar-refractivity contribution in [3.63, 3.8) is 0 Å². The molecule has 0 spiro atoms. The lowest BCUT2D eigenvalue weighted by molar-refractivity contribution is -0.384. The number of amides is 1. The predicted octanol–water partition coefficient (Wildman–Crippen LogP) is 1.25. The molecule has 1 aliphatic heterocycles. The molecule has 108 valence electrons. The van der Waals surface area contributed by atoms with Gasteiger partial charge in [0.2, 0.25) is 5.91 Å². The van der Waals surface area contributed by atoms with Crippen molar-refractivity contribution >= 4 is 17.3 Å². The second-order valence-electron chi connectivity index (χ2n) is 5.29. The van der Waals surface area contributed by atoms with E-state index >= 15 is 0 Å². The average molecular weight is 278 g/mol. The van der Waals surface area contributed by atoms with Crippen LogP contribution in [0.3, 0.4) is 0 Å². The van der Waals surface area contributed by atoms with Crippen molar-refractivity contribution in [2.75, 3.05) is 18.4 Å². The maximum atomic E-state index is 11.1. The summed E-state index contributed by atoms with van der Waals surface area (Å²) < 4.78 is 0. The van der Waals surface area contributed by atoms with Crippen LogP contribution in [-0.2, 0) is 0 Å². The minimum atomic E-state index is -0.673. The fraction of sp³-hybridized carbons (Fsp3) is 0.462. The molecule has 4 N–H and O–H groups in total. The van der Waals surface area contributed by atoms with E-state index in [0.717, 1.165) is 25.9 Å². The van der Waals surface area contributed by atoms with E-state index in [1.807, 2.05) is 6.92 Å². The van der Waals surface area contributed by atoms with Crippen LogP contribution in [0, 0.1) is 10.1 Å². The smallest absolute Gasteiger partial charge is 0.293 e. The number of benzene rings is 1. The van der Waals surface area contributed by atoms with Gasteiger partial charge >= 0.3 is 0 Å². The predicted molar refractivity (Wildman–Crippen MR) is 75.7 cm³/mol. The minimum Gasteiger partial charge on any atom is -0.374 e. The van der Waals surface area contributed by atoms with Gasteiger partial charge < -0.3 is 16.4 Å². The third kappa shape index (κ3) is 3.05. The van der Waals surface area contributed by atoms with Crippen LogP contribution >= 0.6 is 0 Å². The van der Waals surface area contributed by atoms with E-state index in [1.54, 1.807) is 6.07 Å². The van der Waals surface area contributed by atoms with E-state index in [-0.39, 0.29) is 16.8 Å². The Kier molecular flexibility index (Phi) is 3.89. The molecular formula is C13H18N4O3. The number of nitro groups is 1. The number of nitro benzene ring substituents is 1. The molecule has 0 aromatic heterocycles. The first-order valence-electron chi connectivity index (χ1n) is 6.48. The number of piperidine rings is 1. The van der Waals surface area contributed by atoms with Crippen LogP contribution < -0.4 is 16.4 Å². The van der Waals surface area contributed by atoms with Gasteiger partial charge in [0, 0.05) is 17.2 Å². The van der Waals surface area contributed by atoms with Gasteiger partial charge in [0.1, 0.15) is 5.69 Å². The maximum Gasteiger partial charge on any atom is 0.293 e. The van der Waals surface area contributed by atoms with Crippen molar-refractivity contribution in [3.8, 4) is 0 Å². The van der Waals surface area contributed by atoms with E-state index in [2.05, 4.69) is 10.6 Å². The number of nitrogens with zero attached hydrogens (tertiary/aromatic N) is 1. The number of anilines is 1. The van der Waals surface area contributed by atoms with Gasteiger partial charge in [-0.2, -0.15) is 0 Å². The monoisotopic (exact) mass is 278 g/mol. The molecule has 1 fully saturated rings. The molecule has 20 heavy (non-hydrogen) atoms. The summed E-state index contributed by atoms with van der Waals surface area (Å²) >= 11 is 0. The van der Waals surface area contributed by atoms with Crippen molar-refractivity contribution in [2.45, 2.75) is 25.3 Å². The Morgan fingerprint density at radius 3 is 2.65 bits per heavy atom. The maximum absolute atomic E-state index is 11.1. The van der Waals surface area contributed by atoms with Gasteiger partial charge in [0.15, 0.2) is 0 Å². The van der Waals surface area contributed by atoms with Gasteiger partial charge in [-0.15, -0.1) is 0 Å². The molecule has 1 saturated heterocycles. The summed E-state index contributed by atoms with van der Waals surface area (Å²) in [5.41, 5.74) is 5.40. The van der Waals surface area contributed by atoms with E-state index in [0.29, 0.717) is 5.69 Å². The Hall–Kier alpha value is -2.15. The lowest BCUT2D eigenvalue weighted by Crippen LogP contribution is -2.45. The molecule has 0 unspecified atom stereocenters. The SMILES string of the molecule is CC1(Nc2ccc(C(N)=O)cc2[N+](=O)[O-])CCNCC1. The number of carbonyl (C=O) groups is 1. The summed E-state index contributed by atoms with van der Waals surface area (Å²) in [4.78, 5) is 21.8. The molecule has 0 saturated carbocycles. The second kappa shape index (κ2) is 5.46. The van der Waals surface area contributed by atoms with Crippen molar-refractivity contribution in [3.05, 3.63) is 33.9 Å². The highest BCUT2D eigenvalue weighted by Gasteiger charge is 2.29.